The number of nitrogens with zero attached hydrogens (tertiary/aromatic N) is 1. The molecule has 0 aliphatic rings. The van der Waals surface area contributed by atoms with Crippen molar-refractivity contribution in [2.45, 2.75) is 20.8 Å². The van der Waals surface area contributed by atoms with Crippen LogP contribution in [0.3, 0.4) is 0 Å². The Balaban J connectivity index is 2.80. The molecule has 6 heteroatoms. The summed E-state index contributed by atoms with van der Waals surface area (Å²) in [6.07, 6.45) is 0. The molecule has 0 fully saturated rings. The second-order valence-electron chi connectivity index (χ2n) is 4.92. The first-order valence-electron chi connectivity index (χ1n) is 5.87. The number of carbonyl (C=O) groups is 2. The molecule has 0 aromatic carbocycles. The first-order chi connectivity index (χ1) is 8.77. The van der Waals surface area contributed by atoms with E-state index in [0.717, 1.165) is 0 Å². The molecule has 1 heterocycles. The first-order valence-corrected chi connectivity index (χ1v) is 5.87. The van der Waals surface area contributed by atoms with Crippen LogP contribution in [0.15, 0.2) is 12.1 Å². The minimum atomic E-state index is -0.670. The summed E-state index contributed by atoms with van der Waals surface area (Å²) >= 11 is 0. The van der Waals surface area contributed by atoms with Gasteiger partial charge in [-0.25, -0.2) is 9.78 Å². The van der Waals surface area contributed by atoms with Crippen molar-refractivity contribution in [1.82, 2.24) is 4.98 Å². The maximum Gasteiger partial charge on any atom is 0.339 e. The van der Waals surface area contributed by atoms with E-state index < -0.39 is 11.4 Å². The van der Waals surface area contributed by atoms with Gasteiger partial charge in [-0.05, 0) is 32.9 Å². The van der Waals surface area contributed by atoms with E-state index in [4.69, 9.17) is 5.73 Å². The molecular weight excluding hydrogens is 246 g/mol. The van der Waals surface area contributed by atoms with Crippen LogP contribution in [0.1, 0.15) is 29.9 Å². The van der Waals surface area contributed by atoms with Gasteiger partial charge in [-0.3, -0.25) is 4.79 Å². The zero-order valence-corrected chi connectivity index (χ0v) is 11.6. The number of amides is 1. The van der Waals surface area contributed by atoms with Crippen LogP contribution in [0, 0.1) is 12.3 Å². The number of methoxy groups -OCH3 is 1. The third-order valence-electron chi connectivity index (χ3n) is 2.87. The second kappa shape index (κ2) is 5.69. The summed E-state index contributed by atoms with van der Waals surface area (Å²) in [5.74, 6) is -0.226. The van der Waals surface area contributed by atoms with Gasteiger partial charge in [0, 0.05) is 6.54 Å². The molecule has 0 bridgehead atoms. The van der Waals surface area contributed by atoms with Crippen molar-refractivity contribution in [2.75, 3.05) is 19.0 Å². The van der Waals surface area contributed by atoms with Crippen LogP contribution in [0.5, 0.6) is 0 Å². The SMILES string of the molecule is COC(=O)c1ccc(NCC(C)(C)C(N)=O)nc1C. The highest BCUT2D eigenvalue weighted by molar-refractivity contribution is 5.90. The molecule has 1 amide bonds. The molecule has 0 aliphatic heterocycles. The Kier molecular flexibility index (Phi) is 4.47. The normalized spacial score (nSPS) is 10.9. The van der Waals surface area contributed by atoms with Gasteiger partial charge in [-0.1, -0.05) is 0 Å². The van der Waals surface area contributed by atoms with Gasteiger partial charge in [-0.15, -0.1) is 0 Å². The maximum absolute atomic E-state index is 11.4. The van der Waals surface area contributed by atoms with E-state index in [-0.39, 0.29) is 5.91 Å². The Labute approximate surface area is 112 Å². The van der Waals surface area contributed by atoms with Crippen LogP contribution in [0.25, 0.3) is 0 Å². The third-order valence-corrected chi connectivity index (χ3v) is 2.87. The van der Waals surface area contributed by atoms with Crippen molar-refractivity contribution in [3.63, 3.8) is 0 Å². The molecule has 0 saturated carbocycles. The Bertz CT molecular complexity index is 498. The number of carbonyl (C=O) groups excluding carboxylic acids is 2. The van der Waals surface area contributed by atoms with Crippen molar-refractivity contribution in [1.29, 1.82) is 0 Å². The number of nitrogens with one attached hydrogen (secondary N) is 1. The van der Waals surface area contributed by atoms with Crippen molar-refractivity contribution >= 4 is 17.7 Å². The van der Waals surface area contributed by atoms with E-state index in [0.29, 0.717) is 23.6 Å². The van der Waals surface area contributed by atoms with Crippen molar-refractivity contribution in [3.8, 4) is 0 Å². The monoisotopic (exact) mass is 265 g/mol. The summed E-state index contributed by atoms with van der Waals surface area (Å²) in [5.41, 5.74) is 5.60. The summed E-state index contributed by atoms with van der Waals surface area (Å²) in [6, 6.07) is 3.30. The van der Waals surface area contributed by atoms with Gasteiger partial charge in [0.15, 0.2) is 0 Å². The number of hydrogen-bond donors (Lipinski definition) is 2. The van der Waals surface area contributed by atoms with Gasteiger partial charge < -0.3 is 15.8 Å². The first kappa shape index (κ1) is 14.9. The number of hydrogen-bond acceptors (Lipinski definition) is 5. The number of anilines is 1. The average Bonchev–Trinajstić information content (AvgIpc) is 2.35. The Morgan fingerprint density at radius 2 is 2.05 bits per heavy atom. The molecule has 1 aromatic heterocycles. The third kappa shape index (κ3) is 3.67. The second-order valence-corrected chi connectivity index (χ2v) is 4.92. The number of primary amides is 1. The van der Waals surface area contributed by atoms with Crippen LogP contribution in [-0.2, 0) is 9.53 Å². The summed E-state index contributed by atoms with van der Waals surface area (Å²) in [4.78, 5) is 26.8. The lowest BCUT2D eigenvalue weighted by atomic mass is 9.93. The van der Waals surface area contributed by atoms with E-state index >= 15 is 0 Å². The fourth-order valence-corrected chi connectivity index (χ4v) is 1.38. The fourth-order valence-electron chi connectivity index (χ4n) is 1.38. The average molecular weight is 265 g/mol. The van der Waals surface area contributed by atoms with Crippen LogP contribution in [0.4, 0.5) is 5.82 Å². The van der Waals surface area contributed by atoms with Gasteiger partial charge in [0.25, 0.3) is 0 Å². The van der Waals surface area contributed by atoms with E-state index in [9.17, 15) is 9.59 Å². The van der Waals surface area contributed by atoms with Crippen LogP contribution < -0.4 is 11.1 Å². The minimum absolute atomic E-state index is 0.367. The minimum Gasteiger partial charge on any atom is -0.465 e. The Hall–Kier alpha value is -2.11. The molecule has 0 radical (unpaired) electrons. The standard InChI is InChI=1S/C13H19N3O3/c1-8-9(11(17)19-4)5-6-10(16-8)15-7-13(2,3)12(14)18/h5-6H,7H2,1-4H3,(H2,14,18)(H,15,16). The molecule has 1 aromatic rings. The van der Waals surface area contributed by atoms with E-state index in [1.54, 1.807) is 32.9 Å². The number of rotatable bonds is 5. The van der Waals surface area contributed by atoms with Crippen molar-refractivity contribution < 1.29 is 14.3 Å². The number of nitrogens with two attached hydrogens (primary N) is 1. The molecule has 0 spiro atoms. The highest BCUT2D eigenvalue weighted by atomic mass is 16.5. The zero-order chi connectivity index (χ0) is 14.6. The van der Waals surface area contributed by atoms with E-state index in [1.165, 1.54) is 7.11 Å². The van der Waals surface area contributed by atoms with Crippen molar-refractivity contribution in [2.24, 2.45) is 11.1 Å². The number of aryl methyl sites for hydroxylation is 1. The van der Waals surface area contributed by atoms with E-state index in [1.807, 2.05) is 0 Å². The molecule has 0 aliphatic carbocycles. The predicted molar refractivity (Wildman–Crippen MR) is 71.8 cm³/mol. The molecule has 104 valence electrons. The summed E-state index contributed by atoms with van der Waals surface area (Å²) in [5, 5.41) is 3.03. The summed E-state index contributed by atoms with van der Waals surface area (Å²) in [6.45, 7) is 5.58. The highest BCUT2D eigenvalue weighted by Crippen LogP contribution is 2.16. The molecule has 6 nitrogen and oxygen atoms in total. The Morgan fingerprint density at radius 1 is 1.42 bits per heavy atom. The lowest BCUT2D eigenvalue weighted by Crippen LogP contribution is -2.37. The quantitative estimate of drug-likeness (QED) is 0.777. The predicted octanol–water partition coefficient (Wildman–Crippen LogP) is 1.10. The topological polar surface area (TPSA) is 94.3 Å². The van der Waals surface area contributed by atoms with Gasteiger partial charge in [0.1, 0.15) is 5.82 Å². The van der Waals surface area contributed by atoms with Gasteiger partial charge in [0.05, 0.1) is 23.8 Å². The van der Waals surface area contributed by atoms with Crippen LogP contribution in [-0.4, -0.2) is 30.5 Å². The molecule has 3 N–H and O–H groups in total. The number of aromatic nitrogens is 1. The number of esters is 1. The molecule has 1 rings (SSSR count). The molecular formula is C13H19N3O3. The smallest absolute Gasteiger partial charge is 0.339 e. The molecule has 19 heavy (non-hydrogen) atoms. The van der Waals surface area contributed by atoms with Crippen LogP contribution in [0.2, 0.25) is 0 Å². The molecule has 0 atom stereocenters. The van der Waals surface area contributed by atoms with Gasteiger partial charge in [0.2, 0.25) is 5.91 Å². The highest BCUT2D eigenvalue weighted by Gasteiger charge is 2.24. The van der Waals surface area contributed by atoms with Gasteiger partial charge >= 0.3 is 5.97 Å². The lowest BCUT2D eigenvalue weighted by molar-refractivity contribution is -0.125. The summed E-state index contributed by atoms with van der Waals surface area (Å²) < 4.78 is 4.64. The van der Waals surface area contributed by atoms with Crippen molar-refractivity contribution in [3.05, 3.63) is 23.4 Å². The lowest BCUT2D eigenvalue weighted by Gasteiger charge is -2.21. The maximum atomic E-state index is 11.4. The molecule has 0 unspecified atom stereocenters. The summed E-state index contributed by atoms with van der Waals surface area (Å²) in [7, 11) is 1.32. The molecule has 0 saturated heterocycles. The fraction of sp³-hybridized carbons (Fsp3) is 0.462. The van der Waals surface area contributed by atoms with Gasteiger partial charge in [-0.2, -0.15) is 0 Å². The largest absolute Gasteiger partial charge is 0.465 e. The zero-order valence-electron chi connectivity index (χ0n) is 11.6. The van der Waals surface area contributed by atoms with Crippen LogP contribution >= 0.6 is 0 Å². The van der Waals surface area contributed by atoms with E-state index in [2.05, 4.69) is 15.0 Å². The number of pyridine rings is 1. The number of ether oxygens (including phenoxy) is 1. The Morgan fingerprint density at radius 3 is 2.53 bits per heavy atom.